The molecule has 1 N–H and O–H groups in total. The molecule has 2 aromatic rings. The van der Waals surface area contributed by atoms with Crippen LogP contribution in [-0.2, 0) is 0 Å². The number of furan rings is 1. The van der Waals surface area contributed by atoms with Gasteiger partial charge in [0.05, 0.1) is 23.2 Å². The number of amides is 1. The first-order valence-electron chi connectivity index (χ1n) is 4.22. The molecule has 5 heteroatoms. The molecule has 0 bridgehead atoms. The van der Waals surface area contributed by atoms with E-state index >= 15 is 0 Å². The van der Waals surface area contributed by atoms with Crippen LogP contribution in [0.5, 0.6) is 0 Å². The SMILES string of the molecule is O=C(Nc1cnccc1Cl)c1ccco1. The quantitative estimate of drug-likeness (QED) is 0.850. The van der Waals surface area contributed by atoms with Gasteiger partial charge in [0, 0.05) is 6.20 Å². The molecule has 0 aliphatic rings. The van der Waals surface area contributed by atoms with Crippen LogP contribution < -0.4 is 5.32 Å². The van der Waals surface area contributed by atoms with Gasteiger partial charge < -0.3 is 9.73 Å². The van der Waals surface area contributed by atoms with Crippen LogP contribution in [-0.4, -0.2) is 10.9 Å². The zero-order valence-electron chi connectivity index (χ0n) is 7.61. The van der Waals surface area contributed by atoms with E-state index in [2.05, 4.69) is 10.3 Å². The number of anilines is 1. The predicted octanol–water partition coefficient (Wildman–Crippen LogP) is 2.58. The summed E-state index contributed by atoms with van der Waals surface area (Å²) in [5, 5.41) is 3.02. The Bertz CT molecular complexity index is 468. The van der Waals surface area contributed by atoms with Crippen molar-refractivity contribution in [3.05, 3.63) is 47.6 Å². The molecule has 0 spiro atoms. The highest BCUT2D eigenvalue weighted by molar-refractivity contribution is 6.33. The third-order valence-corrected chi connectivity index (χ3v) is 2.09. The minimum atomic E-state index is -0.352. The fourth-order valence-corrected chi connectivity index (χ4v) is 1.21. The second-order valence-electron chi connectivity index (χ2n) is 2.79. The molecule has 0 aromatic carbocycles. The Morgan fingerprint density at radius 1 is 1.47 bits per heavy atom. The second kappa shape index (κ2) is 4.14. The van der Waals surface area contributed by atoms with Crippen LogP contribution in [0, 0.1) is 0 Å². The average molecular weight is 223 g/mol. The minimum absolute atomic E-state index is 0.231. The van der Waals surface area contributed by atoms with Gasteiger partial charge in [-0.2, -0.15) is 0 Å². The lowest BCUT2D eigenvalue weighted by molar-refractivity contribution is 0.0996. The fraction of sp³-hybridized carbons (Fsp3) is 0. The van der Waals surface area contributed by atoms with Gasteiger partial charge in [0.15, 0.2) is 5.76 Å². The van der Waals surface area contributed by atoms with Crippen LogP contribution >= 0.6 is 11.6 Å². The fourth-order valence-electron chi connectivity index (χ4n) is 1.06. The molecular weight excluding hydrogens is 216 g/mol. The van der Waals surface area contributed by atoms with Gasteiger partial charge in [0.25, 0.3) is 5.91 Å². The lowest BCUT2D eigenvalue weighted by atomic mass is 10.3. The minimum Gasteiger partial charge on any atom is -0.459 e. The van der Waals surface area contributed by atoms with E-state index in [1.54, 1.807) is 24.4 Å². The maximum absolute atomic E-state index is 11.5. The molecule has 76 valence electrons. The summed E-state index contributed by atoms with van der Waals surface area (Å²) < 4.78 is 4.93. The summed E-state index contributed by atoms with van der Waals surface area (Å²) in [5.41, 5.74) is 0.459. The van der Waals surface area contributed by atoms with Crippen LogP contribution in [0.3, 0.4) is 0 Å². The molecule has 0 saturated heterocycles. The molecule has 0 unspecified atom stereocenters. The van der Waals surface area contributed by atoms with Crippen LogP contribution in [0.15, 0.2) is 41.3 Å². The van der Waals surface area contributed by atoms with Crippen molar-refractivity contribution in [2.45, 2.75) is 0 Å². The van der Waals surface area contributed by atoms with E-state index in [-0.39, 0.29) is 11.7 Å². The number of hydrogen-bond donors (Lipinski definition) is 1. The van der Waals surface area contributed by atoms with E-state index in [4.69, 9.17) is 16.0 Å². The van der Waals surface area contributed by atoms with Crippen LogP contribution in [0.1, 0.15) is 10.6 Å². The zero-order valence-corrected chi connectivity index (χ0v) is 8.36. The van der Waals surface area contributed by atoms with Crippen molar-refractivity contribution in [3.63, 3.8) is 0 Å². The van der Waals surface area contributed by atoms with Gasteiger partial charge in [-0.15, -0.1) is 0 Å². The van der Waals surface area contributed by atoms with Gasteiger partial charge >= 0.3 is 0 Å². The molecule has 0 atom stereocenters. The Balaban J connectivity index is 2.17. The van der Waals surface area contributed by atoms with Crippen molar-refractivity contribution in [2.75, 3.05) is 5.32 Å². The van der Waals surface area contributed by atoms with Gasteiger partial charge in [-0.25, -0.2) is 0 Å². The lowest BCUT2D eigenvalue weighted by Crippen LogP contribution is -2.11. The third-order valence-electron chi connectivity index (χ3n) is 1.76. The number of halogens is 1. The summed E-state index contributed by atoms with van der Waals surface area (Å²) >= 11 is 5.84. The van der Waals surface area contributed by atoms with E-state index < -0.39 is 0 Å². The second-order valence-corrected chi connectivity index (χ2v) is 3.19. The van der Waals surface area contributed by atoms with Crippen molar-refractivity contribution >= 4 is 23.2 Å². The number of aromatic nitrogens is 1. The topological polar surface area (TPSA) is 55.1 Å². The maximum Gasteiger partial charge on any atom is 0.291 e. The summed E-state index contributed by atoms with van der Waals surface area (Å²) in [6.45, 7) is 0. The van der Waals surface area contributed by atoms with Gasteiger partial charge in [-0.1, -0.05) is 11.6 Å². The third kappa shape index (κ3) is 2.16. The molecule has 2 aromatic heterocycles. The van der Waals surface area contributed by atoms with E-state index in [0.717, 1.165) is 0 Å². The van der Waals surface area contributed by atoms with Crippen molar-refractivity contribution in [1.29, 1.82) is 0 Å². The molecule has 4 nitrogen and oxygen atoms in total. The zero-order chi connectivity index (χ0) is 10.7. The monoisotopic (exact) mass is 222 g/mol. The van der Waals surface area contributed by atoms with E-state index in [1.165, 1.54) is 12.5 Å². The van der Waals surface area contributed by atoms with Crippen LogP contribution in [0.4, 0.5) is 5.69 Å². The number of carbonyl (C=O) groups is 1. The van der Waals surface area contributed by atoms with Crippen molar-refractivity contribution in [2.24, 2.45) is 0 Å². The van der Waals surface area contributed by atoms with Gasteiger partial charge in [0.1, 0.15) is 0 Å². The van der Waals surface area contributed by atoms with Gasteiger partial charge in [-0.3, -0.25) is 9.78 Å². The summed E-state index contributed by atoms with van der Waals surface area (Å²) in [7, 11) is 0. The number of pyridine rings is 1. The molecular formula is C10H7ClN2O2. The molecule has 15 heavy (non-hydrogen) atoms. The number of hydrogen-bond acceptors (Lipinski definition) is 3. The standard InChI is InChI=1S/C10H7ClN2O2/c11-7-3-4-12-6-8(7)13-10(14)9-2-1-5-15-9/h1-6H,(H,13,14). The van der Waals surface area contributed by atoms with Gasteiger partial charge in [0.2, 0.25) is 0 Å². The Morgan fingerprint density at radius 2 is 2.33 bits per heavy atom. The summed E-state index contributed by atoms with van der Waals surface area (Å²) in [6.07, 6.45) is 4.45. The van der Waals surface area contributed by atoms with Crippen LogP contribution in [0.2, 0.25) is 5.02 Å². The average Bonchev–Trinajstić information content (AvgIpc) is 2.74. The molecule has 0 fully saturated rings. The molecule has 1 amide bonds. The number of nitrogens with one attached hydrogen (secondary N) is 1. The van der Waals surface area contributed by atoms with Crippen molar-refractivity contribution in [1.82, 2.24) is 4.98 Å². The smallest absolute Gasteiger partial charge is 0.291 e. The first-order valence-corrected chi connectivity index (χ1v) is 4.59. The predicted molar refractivity (Wildman–Crippen MR) is 55.9 cm³/mol. The molecule has 0 aliphatic heterocycles. The normalized spacial score (nSPS) is 9.93. The largest absolute Gasteiger partial charge is 0.459 e. The van der Waals surface area contributed by atoms with E-state index in [9.17, 15) is 4.79 Å². The lowest BCUT2D eigenvalue weighted by Gasteiger charge is -2.03. The van der Waals surface area contributed by atoms with Crippen LogP contribution in [0.25, 0.3) is 0 Å². The van der Waals surface area contributed by atoms with Crippen molar-refractivity contribution < 1.29 is 9.21 Å². The highest BCUT2D eigenvalue weighted by atomic mass is 35.5. The highest BCUT2D eigenvalue weighted by Crippen LogP contribution is 2.19. The molecule has 2 rings (SSSR count). The van der Waals surface area contributed by atoms with E-state index in [1.807, 2.05) is 0 Å². The summed E-state index contributed by atoms with van der Waals surface area (Å²) in [5.74, 6) is -0.121. The maximum atomic E-state index is 11.5. The summed E-state index contributed by atoms with van der Waals surface area (Å²) in [4.78, 5) is 15.4. The molecule has 0 saturated carbocycles. The molecule has 0 radical (unpaired) electrons. The molecule has 2 heterocycles. The number of nitrogens with zero attached hydrogens (tertiary/aromatic N) is 1. The Labute approximate surface area is 90.9 Å². The number of carbonyl (C=O) groups excluding carboxylic acids is 1. The Hall–Kier alpha value is -1.81. The van der Waals surface area contributed by atoms with Gasteiger partial charge in [-0.05, 0) is 18.2 Å². The Kier molecular flexibility index (Phi) is 2.69. The first-order chi connectivity index (χ1) is 7.27. The number of rotatable bonds is 2. The van der Waals surface area contributed by atoms with E-state index in [0.29, 0.717) is 10.7 Å². The molecule has 0 aliphatic carbocycles. The Morgan fingerprint density at radius 3 is 3.00 bits per heavy atom. The first kappa shape index (κ1) is 9.73. The summed E-state index contributed by atoms with van der Waals surface area (Å²) in [6, 6.07) is 4.80. The highest BCUT2D eigenvalue weighted by Gasteiger charge is 2.10. The van der Waals surface area contributed by atoms with Crippen molar-refractivity contribution in [3.8, 4) is 0 Å².